The van der Waals surface area contributed by atoms with Crippen molar-refractivity contribution < 1.29 is 100 Å². The Morgan fingerprint density at radius 3 is 1.96 bits per heavy atom. The van der Waals surface area contributed by atoms with Gasteiger partial charge < -0.3 is 33.2 Å². The molecule has 17 atom stereocenters. The highest BCUT2D eigenvalue weighted by Gasteiger charge is 2.76. The molecule has 22 heteroatoms. The van der Waals surface area contributed by atoms with Gasteiger partial charge in [0.1, 0.15) is 17.8 Å². The molecule has 0 amide bonds. The Kier molecular flexibility index (Phi) is 13.7. The maximum Gasteiger partial charge on any atom is 0.426 e. The first-order valence-corrected chi connectivity index (χ1v) is 23.2. The van der Waals surface area contributed by atoms with Crippen LogP contribution in [-0.2, 0) is 47.5 Å². The molecule has 0 aromatic rings. The van der Waals surface area contributed by atoms with E-state index in [9.17, 15) is 40.7 Å². The lowest BCUT2D eigenvalue weighted by Gasteiger charge is -2.51. The van der Waals surface area contributed by atoms with Crippen LogP contribution in [-0.4, -0.2) is 104 Å². The smallest absolute Gasteiger partial charge is 0.426 e. The third kappa shape index (κ3) is 9.07. The van der Waals surface area contributed by atoms with Crippen molar-refractivity contribution in [3.8, 4) is 0 Å². The van der Waals surface area contributed by atoms with Gasteiger partial charge in [0.15, 0.2) is 17.1 Å². The van der Waals surface area contributed by atoms with Crippen LogP contribution in [0.25, 0.3) is 0 Å². The first-order valence-electron chi connectivity index (χ1n) is 23.2. The summed E-state index contributed by atoms with van der Waals surface area (Å²) in [7, 11) is 0. The van der Waals surface area contributed by atoms with Crippen LogP contribution in [0.2, 0.25) is 0 Å². The number of rotatable bonds is 14. The lowest BCUT2D eigenvalue weighted by molar-refractivity contribution is -0.412. The molecule has 3 saturated heterocycles. The molecular formula is C45H60F12O10. The maximum atomic E-state index is 16.6. The van der Waals surface area contributed by atoms with Gasteiger partial charge in [0, 0.05) is 31.0 Å². The van der Waals surface area contributed by atoms with Gasteiger partial charge in [-0.3, -0.25) is 14.4 Å². The Balaban J connectivity index is 1.25. The van der Waals surface area contributed by atoms with E-state index in [1.54, 1.807) is 0 Å². The Bertz CT molecular complexity index is 1830. The maximum absolute atomic E-state index is 16.6. The van der Waals surface area contributed by atoms with Gasteiger partial charge >= 0.3 is 42.6 Å². The molecule has 67 heavy (non-hydrogen) atoms. The molecule has 10 nitrogen and oxygen atoms in total. The van der Waals surface area contributed by atoms with Crippen LogP contribution in [0.1, 0.15) is 113 Å². The molecule has 0 N–H and O–H groups in total. The van der Waals surface area contributed by atoms with Gasteiger partial charge in [-0.1, -0.05) is 6.92 Å². The van der Waals surface area contributed by atoms with Crippen LogP contribution in [0, 0.1) is 64.1 Å². The number of alkyl halides is 12. The molecular weight excluding hydrogens is 928 g/mol. The van der Waals surface area contributed by atoms with Gasteiger partial charge in [-0.2, -0.15) is 52.7 Å². The topological polar surface area (TPSA) is 116 Å². The van der Waals surface area contributed by atoms with Crippen LogP contribution < -0.4 is 0 Å². The van der Waals surface area contributed by atoms with Crippen LogP contribution in [0.5, 0.6) is 0 Å². The fourth-order valence-electron chi connectivity index (χ4n) is 13.1. The Labute approximate surface area is 380 Å². The predicted molar refractivity (Wildman–Crippen MR) is 207 cm³/mol. The lowest BCUT2D eigenvalue weighted by atomic mass is 9.61. The van der Waals surface area contributed by atoms with Crippen molar-refractivity contribution in [3.63, 3.8) is 0 Å². The van der Waals surface area contributed by atoms with Gasteiger partial charge in [0.25, 0.3) is 5.60 Å². The lowest BCUT2D eigenvalue weighted by Crippen LogP contribution is -2.62. The molecule has 4 aliphatic carbocycles. The molecule has 3 heterocycles. The fraction of sp³-hybridized carbons (Fsp3) is 0.933. The molecule has 7 rings (SSSR count). The van der Waals surface area contributed by atoms with Crippen molar-refractivity contribution in [2.45, 2.75) is 185 Å². The summed E-state index contributed by atoms with van der Waals surface area (Å²) in [5.74, 6) is -12.1. The van der Waals surface area contributed by atoms with Crippen LogP contribution in [0.3, 0.4) is 0 Å². The minimum Gasteiger partial charge on any atom is -0.459 e. The highest BCUT2D eigenvalue weighted by Crippen LogP contribution is 2.64. The van der Waals surface area contributed by atoms with Gasteiger partial charge in [0.05, 0.1) is 24.2 Å². The minimum atomic E-state index is -5.98. The van der Waals surface area contributed by atoms with Crippen LogP contribution >= 0.6 is 0 Å². The molecule has 17 unspecified atom stereocenters. The number of ether oxygens (including phenoxy) is 7. The number of esters is 3. The Morgan fingerprint density at radius 1 is 0.731 bits per heavy atom. The summed E-state index contributed by atoms with van der Waals surface area (Å²) in [5.41, 5.74) is -13.3. The Hall–Kier alpha value is -2.59. The zero-order valence-corrected chi connectivity index (χ0v) is 38.3. The summed E-state index contributed by atoms with van der Waals surface area (Å²) in [4.78, 5) is 41.0. The Morgan fingerprint density at radius 2 is 1.37 bits per heavy atom. The summed E-state index contributed by atoms with van der Waals surface area (Å²) >= 11 is 0. The highest BCUT2D eigenvalue weighted by molar-refractivity contribution is 5.81. The van der Waals surface area contributed by atoms with E-state index in [4.69, 9.17) is 33.2 Å². The molecule has 7 fully saturated rings. The van der Waals surface area contributed by atoms with Gasteiger partial charge in [-0.05, 0) is 135 Å². The normalized spacial score (nSPS) is 37.7. The van der Waals surface area contributed by atoms with Crippen molar-refractivity contribution in [2.75, 3.05) is 13.2 Å². The molecule has 384 valence electrons. The number of fused-ring (bicyclic) bond motifs is 6. The quantitative estimate of drug-likeness (QED) is 0.0721. The fourth-order valence-corrected chi connectivity index (χ4v) is 13.1. The van der Waals surface area contributed by atoms with E-state index >= 15 is 26.3 Å². The average Bonchev–Trinajstić information content (AvgIpc) is 3.98. The summed E-state index contributed by atoms with van der Waals surface area (Å²) in [6, 6.07) is 0. The van der Waals surface area contributed by atoms with Crippen molar-refractivity contribution in [1.82, 2.24) is 0 Å². The molecule has 0 radical (unpaired) electrons. The monoisotopic (exact) mass is 988 g/mol. The van der Waals surface area contributed by atoms with Gasteiger partial charge in [-0.25, -0.2) is 0 Å². The number of carbonyl (C=O) groups excluding carboxylic acids is 3. The standard InChI is InChI=1S/C45H60F12O10/c1-8-61-21(3)66-41(44(52,53)54,45(55,56)57)17-24-13-22-14-26(24)33-25(22)12-20(2)30(63-33)19-40(43(49,50)51,37(60)65-32-23-15-27-28(16-23)35(58)64-34(27)32)29-10-9-11-62-31(29)18-39(7,42(46,47)48)36(59)67-38(4,5)6/h20-34H,8-19H2,1-7H3. The van der Waals surface area contributed by atoms with E-state index in [0.29, 0.717) is 13.3 Å². The number of carbonyl (C=O) groups is 3. The van der Waals surface area contributed by atoms with Gasteiger partial charge in [-0.15, -0.1) is 0 Å². The number of hydrogen-bond donors (Lipinski definition) is 0. The molecule has 7 aliphatic rings. The second-order valence-electron chi connectivity index (χ2n) is 21.5. The number of halogens is 12. The molecule has 4 bridgehead atoms. The highest BCUT2D eigenvalue weighted by atomic mass is 19.4. The molecule has 0 spiro atoms. The minimum absolute atomic E-state index is 0.0848. The first kappa shape index (κ1) is 52.2. The second kappa shape index (κ2) is 17.6. The van der Waals surface area contributed by atoms with E-state index in [0.717, 1.165) is 6.92 Å². The predicted octanol–water partition coefficient (Wildman–Crippen LogP) is 10.2. The van der Waals surface area contributed by atoms with Gasteiger partial charge in [0.2, 0.25) is 0 Å². The zero-order chi connectivity index (χ0) is 49.8. The van der Waals surface area contributed by atoms with Crippen molar-refractivity contribution in [3.05, 3.63) is 0 Å². The molecule has 0 aromatic heterocycles. The van der Waals surface area contributed by atoms with Crippen molar-refractivity contribution in [1.29, 1.82) is 0 Å². The van der Waals surface area contributed by atoms with E-state index < -0.39 is 180 Å². The van der Waals surface area contributed by atoms with Crippen molar-refractivity contribution >= 4 is 17.9 Å². The first-order chi connectivity index (χ1) is 30.7. The summed E-state index contributed by atoms with van der Waals surface area (Å²) in [6.07, 6.45) is -36.5. The largest absolute Gasteiger partial charge is 0.459 e. The molecule has 3 aliphatic heterocycles. The van der Waals surface area contributed by atoms with Crippen LogP contribution in [0.4, 0.5) is 52.7 Å². The van der Waals surface area contributed by atoms with E-state index in [1.165, 1.54) is 34.6 Å². The number of hydrogen-bond acceptors (Lipinski definition) is 10. The summed E-state index contributed by atoms with van der Waals surface area (Å²) in [6.45, 7) is 7.58. The summed E-state index contributed by atoms with van der Waals surface area (Å²) in [5, 5.41) is 0. The van der Waals surface area contributed by atoms with E-state index in [2.05, 4.69) is 0 Å². The van der Waals surface area contributed by atoms with E-state index in [-0.39, 0.29) is 45.3 Å². The van der Waals surface area contributed by atoms with Crippen LogP contribution in [0.15, 0.2) is 0 Å². The van der Waals surface area contributed by atoms with E-state index in [1.807, 2.05) is 0 Å². The zero-order valence-electron chi connectivity index (χ0n) is 38.3. The molecule has 4 saturated carbocycles. The average molecular weight is 989 g/mol. The van der Waals surface area contributed by atoms with Crippen molar-refractivity contribution in [2.24, 2.45) is 64.1 Å². The molecule has 0 aromatic carbocycles. The SMILES string of the molecule is CCOC(C)OC(CC1CC2CC1C1OC(CC(C(=O)OC3C4CC5C(=O)OC3C5C4)(C3CCCOC3CC(C)(C(=O)OC(C)(C)C)C(F)(F)F)C(F)(F)F)C(C)CC21)(C(F)(F)F)C(F)(F)F. The third-order valence-corrected chi connectivity index (χ3v) is 16.3. The second-order valence-corrected chi connectivity index (χ2v) is 21.5. The summed E-state index contributed by atoms with van der Waals surface area (Å²) < 4.78 is 222. The third-order valence-electron chi connectivity index (χ3n) is 16.3.